The predicted octanol–water partition coefficient (Wildman–Crippen LogP) is 1.77. The third kappa shape index (κ3) is 4.40. The van der Waals surface area contributed by atoms with E-state index in [9.17, 15) is 9.59 Å². The standard InChI is InChI=1S/C18H26N4O3.ClH/c1-18(5-7-19-8-6-18)12-21-16(23)13-3-4-15(25-2)14(11-13)22-10-9-20-17(22)24;/h3-4,11,19H,5-10,12H2,1-2H3,(H,20,24)(H,21,23);1H. The van der Waals surface area contributed by atoms with Gasteiger partial charge in [-0.25, -0.2) is 4.79 Å². The molecule has 8 heteroatoms. The number of piperidine rings is 1. The van der Waals surface area contributed by atoms with Gasteiger partial charge in [0.15, 0.2) is 0 Å². The first-order valence-electron chi connectivity index (χ1n) is 8.75. The van der Waals surface area contributed by atoms with E-state index in [1.54, 1.807) is 30.2 Å². The molecule has 2 heterocycles. The Labute approximate surface area is 160 Å². The molecule has 3 N–H and O–H groups in total. The number of amides is 3. The summed E-state index contributed by atoms with van der Waals surface area (Å²) in [6.45, 7) is 5.99. The largest absolute Gasteiger partial charge is 0.495 e. The van der Waals surface area contributed by atoms with Gasteiger partial charge in [0.05, 0.1) is 12.8 Å². The van der Waals surface area contributed by atoms with E-state index < -0.39 is 0 Å². The molecule has 3 rings (SSSR count). The molecule has 0 atom stereocenters. The fourth-order valence-electron chi connectivity index (χ4n) is 3.35. The molecule has 0 radical (unpaired) electrons. The second kappa shape index (κ2) is 8.60. The summed E-state index contributed by atoms with van der Waals surface area (Å²) in [5, 5.41) is 9.16. The number of ether oxygens (including phenoxy) is 1. The molecular weight excluding hydrogens is 356 g/mol. The number of hydrogen-bond donors (Lipinski definition) is 3. The van der Waals surface area contributed by atoms with Gasteiger partial charge in [-0.1, -0.05) is 6.92 Å². The molecule has 0 aliphatic carbocycles. The zero-order valence-corrected chi connectivity index (χ0v) is 16.1. The van der Waals surface area contributed by atoms with Crippen LogP contribution in [0.25, 0.3) is 0 Å². The third-order valence-corrected chi connectivity index (χ3v) is 5.08. The molecule has 0 bridgehead atoms. The number of urea groups is 1. The van der Waals surface area contributed by atoms with Crippen molar-refractivity contribution >= 4 is 30.0 Å². The number of anilines is 1. The summed E-state index contributed by atoms with van der Waals surface area (Å²) in [6, 6.07) is 5.03. The molecule has 1 aromatic rings. The van der Waals surface area contributed by atoms with Gasteiger partial charge in [-0.05, 0) is 49.5 Å². The van der Waals surface area contributed by atoms with E-state index in [-0.39, 0.29) is 29.8 Å². The van der Waals surface area contributed by atoms with Crippen molar-refractivity contribution in [1.29, 1.82) is 0 Å². The highest BCUT2D eigenvalue weighted by Gasteiger charge is 2.28. The van der Waals surface area contributed by atoms with Crippen LogP contribution in [0.4, 0.5) is 10.5 Å². The van der Waals surface area contributed by atoms with Gasteiger partial charge in [-0.2, -0.15) is 0 Å². The van der Waals surface area contributed by atoms with Gasteiger partial charge in [0.25, 0.3) is 5.91 Å². The van der Waals surface area contributed by atoms with Gasteiger partial charge in [-0.15, -0.1) is 12.4 Å². The Morgan fingerprint density at radius 3 is 2.65 bits per heavy atom. The van der Waals surface area contributed by atoms with Crippen molar-refractivity contribution in [3.63, 3.8) is 0 Å². The highest BCUT2D eigenvalue weighted by atomic mass is 35.5. The average Bonchev–Trinajstić information content (AvgIpc) is 3.05. The van der Waals surface area contributed by atoms with Crippen LogP contribution in [0.2, 0.25) is 0 Å². The van der Waals surface area contributed by atoms with E-state index in [1.165, 1.54) is 0 Å². The minimum absolute atomic E-state index is 0. The lowest BCUT2D eigenvalue weighted by atomic mass is 9.81. The SMILES string of the molecule is COc1ccc(C(=O)NCC2(C)CCNCC2)cc1N1CCNC1=O.Cl. The van der Waals surface area contributed by atoms with Gasteiger partial charge >= 0.3 is 6.03 Å². The fraction of sp³-hybridized carbons (Fsp3) is 0.556. The lowest BCUT2D eigenvalue weighted by Crippen LogP contribution is -2.42. The highest BCUT2D eigenvalue weighted by molar-refractivity contribution is 5.99. The van der Waals surface area contributed by atoms with E-state index in [2.05, 4.69) is 22.9 Å². The molecule has 7 nitrogen and oxygen atoms in total. The molecule has 2 aliphatic heterocycles. The van der Waals surface area contributed by atoms with E-state index in [0.717, 1.165) is 25.9 Å². The fourth-order valence-corrected chi connectivity index (χ4v) is 3.35. The molecular formula is C18H27ClN4O3. The predicted molar refractivity (Wildman–Crippen MR) is 104 cm³/mol. The van der Waals surface area contributed by atoms with Crippen molar-refractivity contribution in [2.75, 3.05) is 44.7 Å². The number of methoxy groups -OCH3 is 1. The molecule has 144 valence electrons. The zero-order chi connectivity index (χ0) is 17.9. The van der Waals surface area contributed by atoms with Crippen molar-refractivity contribution < 1.29 is 14.3 Å². The lowest BCUT2D eigenvalue weighted by Gasteiger charge is -2.34. The molecule has 3 amide bonds. The Hall–Kier alpha value is -1.99. The topological polar surface area (TPSA) is 82.7 Å². The molecule has 0 aromatic heterocycles. The van der Waals surface area contributed by atoms with Gasteiger partial charge in [0, 0.05) is 25.2 Å². The maximum absolute atomic E-state index is 12.6. The van der Waals surface area contributed by atoms with Gasteiger partial charge in [-0.3, -0.25) is 9.69 Å². The van der Waals surface area contributed by atoms with Crippen LogP contribution in [0, 0.1) is 5.41 Å². The van der Waals surface area contributed by atoms with Crippen LogP contribution in [-0.4, -0.2) is 51.8 Å². The maximum atomic E-state index is 12.6. The van der Waals surface area contributed by atoms with Crippen LogP contribution < -0.4 is 25.6 Å². The Balaban J connectivity index is 0.00000243. The smallest absolute Gasteiger partial charge is 0.322 e. The summed E-state index contributed by atoms with van der Waals surface area (Å²) in [5.41, 5.74) is 1.29. The Kier molecular flexibility index (Phi) is 6.72. The number of carbonyl (C=O) groups excluding carboxylic acids is 2. The van der Waals surface area contributed by atoms with Gasteiger partial charge in [0.1, 0.15) is 5.75 Å². The molecule has 0 saturated carbocycles. The minimum atomic E-state index is -0.168. The second-order valence-corrected chi connectivity index (χ2v) is 7.01. The van der Waals surface area contributed by atoms with Gasteiger partial charge in [0.2, 0.25) is 0 Å². The van der Waals surface area contributed by atoms with Crippen molar-refractivity contribution in [2.24, 2.45) is 5.41 Å². The zero-order valence-electron chi connectivity index (χ0n) is 15.3. The van der Waals surface area contributed by atoms with Crippen LogP contribution in [0.15, 0.2) is 18.2 Å². The van der Waals surface area contributed by atoms with Crippen molar-refractivity contribution in [1.82, 2.24) is 16.0 Å². The van der Waals surface area contributed by atoms with Crippen molar-refractivity contribution in [3.8, 4) is 5.75 Å². The number of nitrogens with zero attached hydrogens (tertiary/aromatic N) is 1. The monoisotopic (exact) mass is 382 g/mol. The Morgan fingerprint density at radius 2 is 2.04 bits per heavy atom. The molecule has 0 spiro atoms. The quantitative estimate of drug-likeness (QED) is 0.724. The van der Waals surface area contributed by atoms with E-state index >= 15 is 0 Å². The van der Waals surface area contributed by atoms with Crippen LogP contribution in [-0.2, 0) is 0 Å². The summed E-state index contributed by atoms with van der Waals surface area (Å²) < 4.78 is 5.35. The van der Waals surface area contributed by atoms with E-state index in [0.29, 0.717) is 36.6 Å². The summed E-state index contributed by atoms with van der Waals surface area (Å²) >= 11 is 0. The normalized spacial score (nSPS) is 18.7. The number of benzene rings is 1. The highest BCUT2D eigenvalue weighted by Crippen LogP contribution is 2.31. The summed E-state index contributed by atoms with van der Waals surface area (Å²) in [5.74, 6) is 0.460. The molecule has 2 saturated heterocycles. The first-order valence-corrected chi connectivity index (χ1v) is 8.75. The van der Waals surface area contributed by atoms with Gasteiger partial charge < -0.3 is 20.7 Å². The van der Waals surface area contributed by atoms with Crippen molar-refractivity contribution in [2.45, 2.75) is 19.8 Å². The summed E-state index contributed by atoms with van der Waals surface area (Å²) in [4.78, 5) is 26.1. The summed E-state index contributed by atoms with van der Waals surface area (Å²) in [7, 11) is 1.56. The van der Waals surface area contributed by atoms with E-state index in [4.69, 9.17) is 4.74 Å². The van der Waals surface area contributed by atoms with E-state index in [1.807, 2.05) is 0 Å². The first-order chi connectivity index (χ1) is 12.0. The summed E-state index contributed by atoms with van der Waals surface area (Å²) in [6.07, 6.45) is 2.10. The second-order valence-electron chi connectivity index (χ2n) is 7.01. The van der Waals surface area contributed by atoms with Crippen LogP contribution in [0.3, 0.4) is 0 Å². The molecule has 26 heavy (non-hydrogen) atoms. The van der Waals surface area contributed by atoms with Crippen molar-refractivity contribution in [3.05, 3.63) is 23.8 Å². The Bertz CT molecular complexity index is 662. The molecule has 0 unspecified atom stereocenters. The number of halogens is 1. The average molecular weight is 383 g/mol. The maximum Gasteiger partial charge on any atom is 0.322 e. The third-order valence-electron chi connectivity index (χ3n) is 5.08. The molecule has 1 aromatic carbocycles. The van der Waals surface area contributed by atoms with Crippen LogP contribution in [0.1, 0.15) is 30.1 Å². The number of rotatable bonds is 5. The Morgan fingerprint density at radius 1 is 1.31 bits per heavy atom. The number of nitrogens with one attached hydrogen (secondary N) is 3. The van der Waals surface area contributed by atoms with Crippen LogP contribution in [0.5, 0.6) is 5.75 Å². The minimum Gasteiger partial charge on any atom is -0.495 e. The lowest BCUT2D eigenvalue weighted by molar-refractivity contribution is 0.0922. The first kappa shape index (κ1) is 20.3. The number of hydrogen-bond acceptors (Lipinski definition) is 4. The molecule has 2 aliphatic rings. The number of carbonyl (C=O) groups is 2. The van der Waals surface area contributed by atoms with Crippen LogP contribution >= 0.6 is 12.4 Å². The molecule has 2 fully saturated rings.